The van der Waals surface area contributed by atoms with E-state index in [2.05, 4.69) is 0 Å². The number of amides is 2. The molecule has 0 aliphatic carbocycles. The Morgan fingerprint density at radius 2 is 0.688 bits per heavy atom. The third-order valence-electron chi connectivity index (χ3n) is 7.02. The van der Waals surface area contributed by atoms with Gasteiger partial charge in [-0.25, -0.2) is 0 Å². The lowest BCUT2D eigenvalue weighted by molar-refractivity contribution is -0.118. The molecule has 0 radical (unpaired) electrons. The standard InChI is InChI=1S/C26H40I4N2O16/c27-17-15(25(47)31(1-9(37)5-33)3-11(39)21(43)23(45)13(41)7-35)18(28)20(30)16(19(17)29)26(48)32(2-10(38)6-34)4-12(40)22(44)24(46)14(42)8-36/h9-14,21-24,33-46H,1-8H2. The summed E-state index contributed by atoms with van der Waals surface area (Å²) >= 11 is 7.04. The van der Waals surface area contributed by atoms with Gasteiger partial charge in [0.05, 0.1) is 49.8 Å². The molecule has 0 spiro atoms. The van der Waals surface area contributed by atoms with Crippen LogP contribution >= 0.6 is 90.4 Å². The fourth-order valence-electron chi connectivity index (χ4n) is 4.22. The highest BCUT2D eigenvalue weighted by molar-refractivity contribution is 14.1. The maximum atomic E-state index is 13.9. The van der Waals surface area contributed by atoms with Crippen molar-refractivity contribution in [2.24, 2.45) is 0 Å². The minimum atomic E-state index is -2.05. The van der Waals surface area contributed by atoms with Gasteiger partial charge < -0.3 is 81.3 Å². The molecule has 0 saturated carbocycles. The molecule has 2 amide bonds. The summed E-state index contributed by atoms with van der Waals surface area (Å²) in [7, 11) is 0. The zero-order chi connectivity index (χ0) is 37.2. The van der Waals surface area contributed by atoms with E-state index >= 15 is 0 Å². The third kappa shape index (κ3) is 12.3. The second-order valence-corrected chi connectivity index (χ2v) is 15.0. The van der Waals surface area contributed by atoms with Crippen molar-refractivity contribution in [1.82, 2.24) is 9.80 Å². The summed E-state index contributed by atoms with van der Waals surface area (Å²) in [6.45, 7) is -6.07. The van der Waals surface area contributed by atoms with Gasteiger partial charge in [-0.3, -0.25) is 9.59 Å². The summed E-state index contributed by atoms with van der Waals surface area (Å²) in [5, 5.41) is 138. The van der Waals surface area contributed by atoms with Crippen LogP contribution in [0.5, 0.6) is 0 Å². The molecule has 1 aromatic carbocycles. The van der Waals surface area contributed by atoms with Gasteiger partial charge in [0.25, 0.3) is 11.8 Å². The van der Waals surface area contributed by atoms with Gasteiger partial charge in [0, 0.05) is 40.5 Å². The lowest BCUT2D eigenvalue weighted by Gasteiger charge is -2.33. The molecular weight excluding hydrogens is 1100 g/mol. The molecule has 10 atom stereocenters. The first-order valence-electron chi connectivity index (χ1n) is 14.0. The zero-order valence-corrected chi connectivity index (χ0v) is 33.5. The molecule has 0 aliphatic heterocycles. The van der Waals surface area contributed by atoms with E-state index in [1.165, 1.54) is 0 Å². The summed E-state index contributed by atoms with van der Waals surface area (Å²) in [5.74, 6) is -1.70. The minimum Gasteiger partial charge on any atom is -0.394 e. The SMILES string of the molecule is O=C(c1c(I)c(I)c(C(=O)N(CC(O)CO)CC(O)C(O)C(O)C(O)CO)c(I)c1I)N(CC(O)CO)CC(O)C(O)C(O)C(O)CO. The molecule has 0 fully saturated rings. The molecule has 10 unspecified atom stereocenters. The summed E-state index contributed by atoms with van der Waals surface area (Å²) in [6.07, 6.45) is -18.6. The molecule has 1 aromatic rings. The predicted octanol–water partition coefficient (Wildman–Crippen LogP) is -5.43. The van der Waals surface area contributed by atoms with Crippen molar-refractivity contribution < 1.29 is 81.1 Å². The van der Waals surface area contributed by atoms with Gasteiger partial charge in [-0.05, 0) is 90.4 Å². The zero-order valence-electron chi connectivity index (χ0n) is 24.9. The predicted molar refractivity (Wildman–Crippen MR) is 198 cm³/mol. The van der Waals surface area contributed by atoms with Gasteiger partial charge in [0.2, 0.25) is 0 Å². The van der Waals surface area contributed by atoms with E-state index in [1.54, 1.807) is 90.4 Å². The number of halogens is 4. The Morgan fingerprint density at radius 1 is 0.438 bits per heavy atom. The Morgan fingerprint density at radius 3 is 0.917 bits per heavy atom. The van der Waals surface area contributed by atoms with Crippen LogP contribution in [0.2, 0.25) is 0 Å². The van der Waals surface area contributed by atoms with Crippen molar-refractivity contribution in [3.63, 3.8) is 0 Å². The molecule has 278 valence electrons. The van der Waals surface area contributed by atoms with Gasteiger partial charge >= 0.3 is 0 Å². The molecule has 0 heterocycles. The van der Waals surface area contributed by atoms with E-state index in [0.29, 0.717) is 0 Å². The Hall–Kier alpha value is 0.520. The lowest BCUT2D eigenvalue weighted by atomic mass is 10.0. The van der Waals surface area contributed by atoms with Gasteiger partial charge in [-0.1, -0.05) is 0 Å². The van der Waals surface area contributed by atoms with E-state index in [4.69, 9.17) is 10.2 Å². The van der Waals surface area contributed by atoms with Gasteiger partial charge in [-0.15, -0.1) is 0 Å². The summed E-state index contributed by atoms with van der Waals surface area (Å²) < 4.78 is 0.687. The van der Waals surface area contributed by atoms with Crippen LogP contribution in [0.1, 0.15) is 20.7 Å². The molecule has 1 rings (SSSR count). The fourth-order valence-corrected chi connectivity index (χ4v) is 8.33. The maximum Gasteiger partial charge on any atom is 0.256 e. The van der Waals surface area contributed by atoms with Crippen LogP contribution in [-0.2, 0) is 0 Å². The highest BCUT2D eigenvalue weighted by Gasteiger charge is 2.37. The first-order chi connectivity index (χ1) is 22.3. The first kappa shape index (κ1) is 46.5. The minimum absolute atomic E-state index is 0.0390. The number of carbonyl (C=O) groups is 2. The Bertz CT molecular complexity index is 1090. The van der Waals surface area contributed by atoms with Crippen LogP contribution in [0.15, 0.2) is 0 Å². The highest BCUT2D eigenvalue weighted by Crippen LogP contribution is 2.35. The fraction of sp³-hybridized carbons (Fsp3) is 0.692. The monoisotopic (exact) mass is 1140 g/mol. The molecule has 0 bridgehead atoms. The first-order valence-corrected chi connectivity index (χ1v) is 18.3. The second-order valence-electron chi connectivity index (χ2n) is 10.7. The number of carbonyl (C=O) groups excluding carboxylic acids is 2. The average Bonchev–Trinajstić information content (AvgIpc) is 3.07. The summed E-state index contributed by atoms with van der Waals surface area (Å²) in [5.41, 5.74) is -0.0781. The molecule has 22 heteroatoms. The quantitative estimate of drug-likeness (QED) is 0.0428. The molecular formula is C26H40I4N2O16. The number of aliphatic hydroxyl groups excluding tert-OH is 14. The molecule has 0 aliphatic rings. The lowest BCUT2D eigenvalue weighted by Crippen LogP contribution is -2.52. The average molecular weight is 1140 g/mol. The van der Waals surface area contributed by atoms with Crippen LogP contribution in [0.25, 0.3) is 0 Å². The summed E-state index contributed by atoms with van der Waals surface area (Å²) in [6, 6.07) is 0. The third-order valence-corrected chi connectivity index (χ3v) is 13.4. The van der Waals surface area contributed by atoms with Crippen LogP contribution in [-0.4, -0.2) is 207 Å². The van der Waals surface area contributed by atoms with Gasteiger partial charge in [0.1, 0.15) is 48.8 Å². The Kier molecular flexibility index (Phi) is 21.2. The Labute approximate surface area is 329 Å². The van der Waals surface area contributed by atoms with Crippen LogP contribution in [0.3, 0.4) is 0 Å². The molecule has 48 heavy (non-hydrogen) atoms. The van der Waals surface area contributed by atoms with E-state index in [9.17, 15) is 70.9 Å². The smallest absolute Gasteiger partial charge is 0.256 e. The van der Waals surface area contributed by atoms with Crippen LogP contribution in [0.4, 0.5) is 0 Å². The molecule has 0 saturated heterocycles. The largest absolute Gasteiger partial charge is 0.394 e. The highest BCUT2D eigenvalue weighted by atomic mass is 127. The van der Waals surface area contributed by atoms with Gasteiger partial charge in [0.15, 0.2) is 0 Å². The topological polar surface area (TPSA) is 324 Å². The van der Waals surface area contributed by atoms with Crippen molar-refractivity contribution in [3.8, 4) is 0 Å². The number of benzene rings is 1. The van der Waals surface area contributed by atoms with E-state index < -0.39 is 125 Å². The molecule has 14 N–H and O–H groups in total. The van der Waals surface area contributed by atoms with Crippen molar-refractivity contribution in [1.29, 1.82) is 0 Å². The maximum absolute atomic E-state index is 13.9. The van der Waals surface area contributed by atoms with E-state index in [1.807, 2.05) is 0 Å². The number of hydrogen-bond acceptors (Lipinski definition) is 16. The van der Waals surface area contributed by atoms with E-state index in [-0.39, 0.29) is 25.4 Å². The summed E-state index contributed by atoms with van der Waals surface area (Å²) in [4.78, 5) is 29.6. The van der Waals surface area contributed by atoms with Crippen molar-refractivity contribution in [3.05, 3.63) is 25.4 Å². The second kappa shape index (κ2) is 21.9. The van der Waals surface area contributed by atoms with Crippen LogP contribution < -0.4 is 0 Å². The van der Waals surface area contributed by atoms with Crippen LogP contribution in [0, 0.1) is 14.3 Å². The van der Waals surface area contributed by atoms with E-state index in [0.717, 1.165) is 9.80 Å². The van der Waals surface area contributed by atoms with Crippen molar-refractivity contribution in [2.45, 2.75) is 61.0 Å². The van der Waals surface area contributed by atoms with Gasteiger partial charge in [-0.2, -0.15) is 0 Å². The number of nitrogens with zero attached hydrogens (tertiary/aromatic N) is 2. The number of aliphatic hydroxyl groups is 14. The molecule has 0 aromatic heterocycles. The van der Waals surface area contributed by atoms with Crippen molar-refractivity contribution >= 4 is 102 Å². The number of hydrogen-bond donors (Lipinski definition) is 14. The Balaban J connectivity index is 3.62. The normalized spacial score (nSPS) is 18.2. The molecule has 18 nitrogen and oxygen atoms in total. The number of rotatable bonds is 20. The van der Waals surface area contributed by atoms with Crippen molar-refractivity contribution in [2.75, 3.05) is 52.6 Å².